The predicted octanol–water partition coefficient (Wildman–Crippen LogP) is 3.89. The smallest absolute Gasteiger partial charge is 0.338 e. The summed E-state index contributed by atoms with van der Waals surface area (Å²) in [5.74, 6) is -0.0783. The summed E-state index contributed by atoms with van der Waals surface area (Å²) in [5, 5.41) is 3.86. The maximum absolute atomic E-state index is 13.0. The maximum atomic E-state index is 13.0. The highest BCUT2D eigenvalue weighted by Crippen LogP contribution is 2.24. The Morgan fingerprint density at radius 1 is 1.06 bits per heavy atom. The molecule has 2 aromatic carbocycles. The molecule has 1 aliphatic rings. The summed E-state index contributed by atoms with van der Waals surface area (Å²) >= 11 is 0. The highest BCUT2D eigenvalue weighted by Gasteiger charge is 2.27. The van der Waals surface area contributed by atoms with Crippen molar-refractivity contribution in [3.8, 4) is 11.5 Å². The second-order valence-corrected chi connectivity index (χ2v) is 9.84. The van der Waals surface area contributed by atoms with E-state index in [1.807, 2.05) is 31.2 Å². The third-order valence-corrected chi connectivity index (χ3v) is 7.38. The molecule has 0 spiro atoms. The van der Waals surface area contributed by atoms with Gasteiger partial charge in [0.2, 0.25) is 15.8 Å². The molecule has 1 fully saturated rings. The molecular weight excluding hydrogens is 430 g/mol. The van der Waals surface area contributed by atoms with E-state index in [9.17, 15) is 13.2 Å². The standard InChI is InChI=1S/C23H25N3O5S/c1-16-6-9-18(10-7-16)22-24-21(25-31-22)15-30-23(27)20-14-19(11-8-17(20)2)32(28,29)26-12-4-3-5-13-26/h6-11,14H,3-5,12-13,15H2,1-2H3. The highest BCUT2D eigenvalue weighted by molar-refractivity contribution is 7.89. The lowest BCUT2D eigenvalue weighted by Crippen LogP contribution is -2.35. The van der Waals surface area contributed by atoms with Gasteiger partial charge in [-0.1, -0.05) is 35.3 Å². The summed E-state index contributed by atoms with van der Waals surface area (Å²) in [6.07, 6.45) is 2.71. The Morgan fingerprint density at radius 2 is 1.78 bits per heavy atom. The van der Waals surface area contributed by atoms with E-state index < -0.39 is 16.0 Å². The number of piperidine rings is 1. The number of carbonyl (C=O) groups is 1. The number of hydrogen-bond donors (Lipinski definition) is 0. The van der Waals surface area contributed by atoms with Gasteiger partial charge in [-0.3, -0.25) is 0 Å². The number of sulfonamides is 1. The molecule has 8 nitrogen and oxygen atoms in total. The molecule has 4 rings (SSSR count). The van der Waals surface area contributed by atoms with Crippen molar-refractivity contribution in [1.82, 2.24) is 14.4 Å². The van der Waals surface area contributed by atoms with Crippen molar-refractivity contribution in [3.05, 3.63) is 65.0 Å². The zero-order chi connectivity index (χ0) is 22.7. The van der Waals surface area contributed by atoms with Gasteiger partial charge in [0.05, 0.1) is 10.5 Å². The maximum Gasteiger partial charge on any atom is 0.338 e. The lowest BCUT2D eigenvalue weighted by molar-refractivity contribution is 0.0458. The first-order valence-corrected chi connectivity index (χ1v) is 12.0. The largest absolute Gasteiger partial charge is 0.454 e. The molecule has 3 aromatic rings. The van der Waals surface area contributed by atoms with Crippen LogP contribution in [0.1, 0.15) is 46.6 Å². The fourth-order valence-corrected chi connectivity index (χ4v) is 5.11. The molecule has 2 heterocycles. The minimum absolute atomic E-state index is 0.0955. The third-order valence-electron chi connectivity index (χ3n) is 5.48. The van der Waals surface area contributed by atoms with Crippen molar-refractivity contribution in [2.75, 3.05) is 13.1 Å². The number of aromatic nitrogens is 2. The van der Waals surface area contributed by atoms with Gasteiger partial charge in [-0.2, -0.15) is 9.29 Å². The second kappa shape index (κ2) is 9.22. The number of hydrogen-bond acceptors (Lipinski definition) is 7. The summed E-state index contributed by atoms with van der Waals surface area (Å²) in [7, 11) is -3.65. The molecule has 0 saturated carbocycles. The van der Waals surface area contributed by atoms with Gasteiger partial charge in [0, 0.05) is 18.7 Å². The number of carbonyl (C=O) groups excluding carboxylic acids is 1. The minimum Gasteiger partial charge on any atom is -0.454 e. The number of nitrogens with zero attached hydrogens (tertiary/aromatic N) is 3. The van der Waals surface area contributed by atoms with Crippen LogP contribution in [0.25, 0.3) is 11.5 Å². The molecule has 1 aromatic heterocycles. The van der Waals surface area contributed by atoms with Crippen LogP contribution in [0, 0.1) is 13.8 Å². The summed E-state index contributed by atoms with van der Waals surface area (Å²) in [6, 6.07) is 12.2. The highest BCUT2D eigenvalue weighted by atomic mass is 32.2. The van der Waals surface area contributed by atoms with Crippen LogP contribution in [0.4, 0.5) is 0 Å². The van der Waals surface area contributed by atoms with Crippen LogP contribution in [-0.2, 0) is 21.4 Å². The van der Waals surface area contributed by atoms with Gasteiger partial charge in [0.25, 0.3) is 5.89 Å². The Bertz CT molecular complexity index is 1210. The molecule has 0 atom stereocenters. The predicted molar refractivity (Wildman–Crippen MR) is 117 cm³/mol. The second-order valence-electron chi connectivity index (χ2n) is 7.90. The van der Waals surface area contributed by atoms with Crippen LogP contribution >= 0.6 is 0 Å². The Labute approximate surface area is 187 Å². The zero-order valence-electron chi connectivity index (χ0n) is 18.1. The first-order valence-electron chi connectivity index (χ1n) is 10.5. The van der Waals surface area contributed by atoms with Gasteiger partial charge in [0.1, 0.15) is 0 Å². The number of ether oxygens (including phenoxy) is 1. The molecule has 32 heavy (non-hydrogen) atoms. The molecule has 0 N–H and O–H groups in total. The molecule has 0 radical (unpaired) electrons. The summed E-state index contributed by atoms with van der Waals surface area (Å²) < 4.78 is 38.0. The number of esters is 1. The van der Waals surface area contributed by atoms with Crippen molar-refractivity contribution in [2.45, 2.75) is 44.6 Å². The normalized spacial score (nSPS) is 14.9. The quantitative estimate of drug-likeness (QED) is 0.520. The molecular formula is C23H25N3O5S. The Balaban J connectivity index is 1.47. The van der Waals surface area contributed by atoms with Crippen LogP contribution in [0.15, 0.2) is 51.9 Å². The monoisotopic (exact) mass is 455 g/mol. The lowest BCUT2D eigenvalue weighted by atomic mass is 10.1. The first kappa shape index (κ1) is 22.2. The Hall–Kier alpha value is -3.04. The van der Waals surface area contributed by atoms with E-state index in [1.165, 1.54) is 16.4 Å². The molecule has 0 unspecified atom stereocenters. The molecule has 0 bridgehead atoms. The number of rotatable bonds is 6. The summed E-state index contributed by atoms with van der Waals surface area (Å²) in [5.41, 5.74) is 2.71. The van der Waals surface area contributed by atoms with Crippen LogP contribution < -0.4 is 0 Å². The van der Waals surface area contributed by atoms with E-state index in [0.717, 1.165) is 30.4 Å². The molecule has 9 heteroatoms. The average molecular weight is 456 g/mol. The molecule has 0 amide bonds. The minimum atomic E-state index is -3.65. The van der Waals surface area contributed by atoms with Gasteiger partial charge < -0.3 is 9.26 Å². The summed E-state index contributed by atoms with van der Waals surface area (Å²) in [6.45, 7) is 4.53. The van der Waals surface area contributed by atoms with E-state index in [-0.39, 0.29) is 22.9 Å². The van der Waals surface area contributed by atoms with E-state index in [0.29, 0.717) is 24.5 Å². The van der Waals surface area contributed by atoms with E-state index >= 15 is 0 Å². The first-order chi connectivity index (χ1) is 15.3. The zero-order valence-corrected chi connectivity index (χ0v) is 18.9. The van der Waals surface area contributed by atoms with Crippen LogP contribution in [-0.4, -0.2) is 41.9 Å². The van der Waals surface area contributed by atoms with Crippen molar-refractivity contribution in [3.63, 3.8) is 0 Å². The van der Waals surface area contributed by atoms with E-state index in [1.54, 1.807) is 13.0 Å². The van der Waals surface area contributed by atoms with Crippen LogP contribution in [0.3, 0.4) is 0 Å². The van der Waals surface area contributed by atoms with Crippen LogP contribution in [0.2, 0.25) is 0 Å². The molecule has 0 aliphatic carbocycles. The van der Waals surface area contributed by atoms with Gasteiger partial charge in [-0.15, -0.1) is 0 Å². The van der Waals surface area contributed by atoms with Crippen molar-refractivity contribution >= 4 is 16.0 Å². The Morgan fingerprint density at radius 3 is 2.50 bits per heavy atom. The van der Waals surface area contributed by atoms with Crippen LogP contribution in [0.5, 0.6) is 0 Å². The SMILES string of the molecule is Cc1ccc(-c2nc(COC(=O)c3cc(S(=O)(=O)N4CCCCC4)ccc3C)no2)cc1. The van der Waals surface area contributed by atoms with E-state index in [2.05, 4.69) is 10.1 Å². The number of aryl methyl sites for hydroxylation is 2. The van der Waals surface area contributed by atoms with Gasteiger partial charge in [-0.25, -0.2) is 13.2 Å². The summed E-state index contributed by atoms with van der Waals surface area (Å²) in [4.78, 5) is 17.0. The topological polar surface area (TPSA) is 103 Å². The van der Waals surface area contributed by atoms with E-state index in [4.69, 9.17) is 9.26 Å². The number of benzene rings is 2. The molecule has 168 valence electrons. The fourth-order valence-electron chi connectivity index (χ4n) is 3.57. The van der Waals surface area contributed by atoms with Gasteiger partial charge in [-0.05, 0) is 56.5 Å². The lowest BCUT2D eigenvalue weighted by Gasteiger charge is -2.26. The third kappa shape index (κ3) is 4.73. The molecule has 1 aliphatic heterocycles. The van der Waals surface area contributed by atoms with Crippen molar-refractivity contribution in [2.24, 2.45) is 0 Å². The van der Waals surface area contributed by atoms with Crippen molar-refractivity contribution < 1.29 is 22.5 Å². The van der Waals surface area contributed by atoms with Gasteiger partial charge in [0.15, 0.2) is 6.61 Å². The van der Waals surface area contributed by atoms with Crippen molar-refractivity contribution in [1.29, 1.82) is 0 Å². The van der Waals surface area contributed by atoms with Gasteiger partial charge >= 0.3 is 5.97 Å². The molecule has 1 saturated heterocycles. The fraction of sp³-hybridized carbons (Fsp3) is 0.348. The average Bonchev–Trinajstić information content (AvgIpc) is 3.28. The Kier molecular flexibility index (Phi) is 6.38.